The fourth-order valence-electron chi connectivity index (χ4n) is 2.39. The maximum absolute atomic E-state index is 5.54. The summed E-state index contributed by atoms with van der Waals surface area (Å²) < 4.78 is 0. The molecule has 0 amide bonds. The molecule has 88 valence electrons. The summed E-state index contributed by atoms with van der Waals surface area (Å²) >= 11 is 0. The maximum atomic E-state index is 5.54. The molecular weight excluding hydrogens is 196 g/mol. The molecule has 1 fully saturated rings. The second kappa shape index (κ2) is 6.02. The van der Waals surface area contributed by atoms with Crippen molar-refractivity contribution in [3.05, 3.63) is 35.4 Å². The van der Waals surface area contributed by atoms with Crippen LogP contribution in [0.2, 0.25) is 0 Å². The van der Waals surface area contributed by atoms with Crippen LogP contribution in [0.25, 0.3) is 0 Å². The molecule has 0 spiro atoms. The van der Waals surface area contributed by atoms with Crippen LogP contribution in [-0.2, 0) is 13.0 Å². The van der Waals surface area contributed by atoms with Gasteiger partial charge >= 0.3 is 0 Å². The van der Waals surface area contributed by atoms with Gasteiger partial charge in [-0.3, -0.25) is 4.90 Å². The third kappa shape index (κ3) is 3.32. The van der Waals surface area contributed by atoms with E-state index in [1.165, 1.54) is 37.1 Å². The topological polar surface area (TPSA) is 29.3 Å². The lowest BCUT2D eigenvalue weighted by atomic mass is 10.1. The molecule has 1 aromatic rings. The molecule has 0 aliphatic carbocycles. The van der Waals surface area contributed by atoms with Gasteiger partial charge in [0.1, 0.15) is 0 Å². The quantitative estimate of drug-likeness (QED) is 0.820. The number of benzene rings is 1. The van der Waals surface area contributed by atoms with Crippen LogP contribution in [0.15, 0.2) is 24.3 Å². The van der Waals surface area contributed by atoms with Crippen LogP contribution in [0.4, 0.5) is 0 Å². The van der Waals surface area contributed by atoms with Crippen molar-refractivity contribution in [3.63, 3.8) is 0 Å². The highest BCUT2D eigenvalue weighted by molar-refractivity contribution is 5.23. The fourth-order valence-corrected chi connectivity index (χ4v) is 2.39. The molecule has 2 heteroatoms. The van der Waals surface area contributed by atoms with Gasteiger partial charge in [0.2, 0.25) is 0 Å². The van der Waals surface area contributed by atoms with Crippen LogP contribution in [-0.4, -0.2) is 24.5 Å². The minimum absolute atomic E-state index is 0.788. The average molecular weight is 218 g/mol. The predicted octanol–water partition coefficient (Wildman–Crippen LogP) is 2.17. The summed E-state index contributed by atoms with van der Waals surface area (Å²) in [5.74, 6) is 0. The Morgan fingerprint density at radius 1 is 1.12 bits per heavy atom. The lowest BCUT2D eigenvalue weighted by molar-refractivity contribution is 0.331. The molecule has 16 heavy (non-hydrogen) atoms. The Hall–Kier alpha value is -0.860. The number of rotatable bonds is 5. The van der Waals surface area contributed by atoms with E-state index >= 15 is 0 Å². The summed E-state index contributed by atoms with van der Waals surface area (Å²) in [7, 11) is 0. The molecule has 2 nitrogen and oxygen atoms in total. The third-order valence-corrected chi connectivity index (χ3v) is 3.27. The molecule has 0 bridgehead atoms. The summed E-state index contributed by atoms with van der Waals surface area (Å²) in [6, 6.07) is 8.97. The second-order valence-electron chi connectivity index (χ2n) is 4.70. The Morgan fingerprint density at radius 3 is 2.62 bits per heavy atom. The van der Waals surface area contributed by atoms with E-state index in [9.17, 15) is 0 Å². The Balaban J connectivity index is 1.92. The van der Waals surface area contributed by atoms with Crippen molar-refractivity contribution in [1.29, 1.82) is 0 Å². The minimum atomic E-state index is 0.788. The monoisotopic (exact) mass is 218 g/mol. The fraction of sp³-hybridized carbons (Fsp3) is 0.571. The van der Waals surface area contributed by atoms with Crippen LogP contribution in [0.1, 0.15) is 30.4 Å². The maximum Gasteiger partial charge on any atom is 0.0233 e. The number of hydrogen-bond donors (Lipinski definition) is 1. The largest absolute Gasteiger partial charge is 0.330 e. The van der Waals surface area contributed by atoms with E-state index in [0.717, 1.165) is 25.9 Å². The highest BCUT2D eigenvalue weighted by atomic mass is 15.1. The summed E-state index contributed by atoms with van der Waals surface area (Å²) in [6.45, 7) is 4.45. The molecule has 1 aliphatic heterocycles. The molecule has 0 saturated carbocycles. The van der Waals surface area contributed by atoms with Crippen LogP contribution in [0.5, 0.6) is 0 Å². The van der Waals surface area contributed by atoms with Crippen molar-refractivity contribution in [1.82, 2.24) is 4.90 Å². The van der Waals surface area contributed by atoms with Crippen molar-refractivity contribution < 1.29 is 0 Å². The highest BCUT2D eigenvalue weighted by Gasteiger charge is 2.11. The zero-order chi connectivity index (χ0) is 11.2. The summed E-state index contributed by atoms with van der Waals surface area (Å²) in [5.41, 5.74) is 8.43. The first-order valence-corrected chi connectivity index (χ1v) is 6.39. The smallest absolute Gasteiger partial charge is 0.0233 e. The first-order valence-electron chi connectivity index (χ1n) is 6.39. The average Bonchev–Trinajstić information content (AvgIpc) is 2.80. The van der Waals surface area contributed by atoms with Crippen LogP contribution >= 0.6 is 0 Å². The Bertz CT molecular complexity index is 316. The van der Waals surface area contributed by atoms with Crippen LogP contribution in [0, 0.1) is 0 Å². The molecule has 1 saturated heterocycles. The highest BCUT2D eigenvalue weighted by Crippen LogP contribution is 2.14. The molecule has 0 unspecified atom stereocenters. The van der Waals surface area contributed by atoms with Crippen LogP contribution < -0.4 is 5.73 Å². The molecule has 0 atom stereocenters. The van der Waals surface area contributed by atoms with Gasteiger partial charge in [-0.15, -0.1) is 0 Å². The van der Waals surface area contributed by atoms with Gasteiger partial charge in [-0.2, -0.15) is 0 Å². The molecule has 0 aromatic heterocycles. The van der Waals surface area contributed by atoms with Gasteiger partial charge in [-0.05, 0) is 56.4 Å². The molecule has 2 rings (SSSR count). The molecule has 2 N–H and O–H groups in total. The SMILES string of the molecule is NCCCc1cccc(CN2CCCC2)c1. The zero-order valence-corrected chi connectivity index (χ0v) is 9.99. The molecule has 1 heterocycles. The van der Waals surface area contributed by atoms with E-state index in [1.54, 1.807) is 0 Å². The van der Waals surface area contributed by atoms with Crippen molar-refractivity contribution in [2.75, 3.05) is 19.6 Å². The predicted molar refractivity (Wildman–Crippen MR) is 68.3 cm³/mol. The van der Waals surface area contributed by atoms with Gasteiger partial charge in [-0.25, -0.2) is 0 Å². The van der Waals surface area contributed by atoms with Crippen molar-refractivity contribution in [3.8, 4) is 0 Å². The second-order valence-corrected chi connectivity index (χ2v) is 4.70. The van der Waals surface area contributed by atoms with E-state index in [0.29, 0.717) is 0 Å². The third-order valence-electron chi connectivity index (χ3n) is 3.27. The zero-order valence-electron chi connectivity index (χ0n) is 9.99. The van der Waals surface area contributed by atoms with E-state index in [-0.39, 0.29) is 0 Å². The van der Waals surface area contributed by atoms with Crippen molar-refractivity contribution in [2.24, 2.45) is 5.73 Å². The minimum Gasteiger partial charge on any atom is -0.330 e. The summed E-state index contributed by atoms with van der Waals surface area (Å²) in [4.78, 5) is 2.54. The summed E-state index contributed by atoms with van der Waals surface area (Å²) in [5, 5.41) is 0. The molecule has 1 aliphatic rings. The number of aryl methyl sites for hydroxylation is 1. The normalized spacial score (nSPS) is 16.8. The van der Waals surface area contributed by atoms with E-state index in [2.05, 4.69) is 29.2 Å². The Labute approximate surface area is 98.4 Å². The van der Waals surface area contributed by atoms with E-state index in [1.807, 2.05) is 0 Å². The number of nitrogens with two attached hydrogens (primary N) is 1. The van der Waals surface area contributed by atoms with Gasteiger partial charge in [0.15, 0.2) is 0 Å². The standard InChI is InChI=1S/C14H22N2/c15-8-4-7-13-5-3-6-14(11-13)12-16-9-1-2-10-16/h3,5-6,11H,1-2,4,7-10,12,15H2. The first-order chi connectivity index (χ1) is 7.88. The Kier molecular flexibility index (Phi) is 4.37. The van der Waals surface area contributed by atoms with Crippen molar-refractivity contribution in [2.45, 2.75) is 32.2 Å². The number of hydrogen-bond acceptors (Lipinski definition) is 2. The molecular formula is C14H22N2. The first kappa shape index (κ1) is 11.6. The lowest BCUT2D eigenvalue weighted by Crippen LogP contribution is -2.18. The van der Waals surface area contributed by atoms with Gasteiger partial charge < -0.3 is 5.73 Å². The van der Waals surface area contributed by atoms with Gasteiger partial charge in [0, 0.05) is 6.54 Å². The van der Waals surface area contributed by atoms with Gasteiger partial charge in [-0.1, -0.05) is 24.3 Å². The van der Waals surface area contributed by atoms with Gasteiger partial charge in [0.05, 0.1) is 0 Å². The lowest BCUT2D eigenvalue weighted by Gasteiger charge is -2.15. The molecule has 1 aromatic carbocycles. The Morgan fingerprint density at radius 2 is 1.88 bits per heavy atom. The molecule has 0 radical (unpaired) electrons. The van der Waals surface area contributed by atoms with Crippen molar-refractivity contribution >= 4 is 0 Å². The van der Waals surface area contributed by atoms with Gasteiger partial charge in [0.25, 0.3) is 0 Å². The van der Waals surface area contributed by atoms with Crippen LogP contribution in [0.3, 0.4) is 0 Å². The number of nitrogens with zero attached hydrogens (tertiary/aromatic N) is 1. The summed E-state index contributed by atoms with van der Waals surface area (Å²) in [6.07, 6.45) is 4.94. The van der Waals surface area contributed by atoms with E-state index < -0.39 is 0 Å². The van der Waals surface area contributed by atoms with E-state index in [4.69, 9.17) is 5.73 Å². The number of likely N-dealkylation sites (tertiary alicyclic amines) is 1.